The molecule has 0 amide bonds. The van der Waals surface area contributed by atoms with E-state index in [-0.39, 0.29) is 0 Å². The molecule has 0 atom stereocenters. The van der Waals surface area contributed by atoms with E-state index in [1.54, 1.807) is 0 Å². The average molecular weight is 217 g/mol. The molecule has 0 aliphatic rings. The Morgan fingerprint density at radius 1 is 1.43 bits per heavy atom. The van der Waals surface area contributed by atoms with Crippen LogP contribution in [0.2, 0.25) is 0 Å². The first kappa shape index (κ1) is 11.5. The van der Waals surface area contributed by atoms with Gasteiger partial charge in [-0.15, -0.1) is 16.7 Å². The molecule has 0 aliphatic heterocycles. The zero-order valence-electron chi connectivity index (χ0n) is 9.00. The fourth-order valence-corrected chi connectivity index (χ4v) is 1.54. The topological polar surface area (TPSA) is 34.0 Å². The van der Waals surface area contributed by atoms with Crippen molar-refractivity contribution < 1.29 is 0 Å². The molecule has 1 aromatic heterocycles. The van der Waals surface area contributed by atoms with E-state index in [0.29, 0.717) is 5.88 Å². The highest BCUT2D eigenvalue weighted by Gasteiger charge is 2.09. The minimum absolute atomic E-state index is 0.450. The highest BCUT2D eigenvalue weighted by atomic mass is 35.5. The molecule has 0 bridgehead atoms. The molecular formula is C9H17ClN4. The van der Waals surface area contributed by atoms with Gasteiger partial charge in [0.05, 0.1) is 18.1 Å². The quantitative estimate of drug-likeness (QED) is 0.693. The molecule has 0 aliphatic carbocycles. The standard InChI is InChI=1S/C9H17ClN4/c1-4-9-8(7-10)11-12-14(9)6-5-13(2)3/h4-7H2,1-3H3. The van der Waals surface area contributed by atoms with Gasteiger partial charge in [-0.1, -0.05) is 12.1 Å². The maximum absolute atomic E-state index is 5.76. The Morgan fingerprint density at radius 2 is 2.14 bits per heavy atom. The number of hydrogen-bond acceptors (Lipinski definition) is 3. The van der Waals surface area contributed by atoms with Crippen LogP contribution in [0.25, 0.3) is 0 Å². The lowest BCUT2D eigenvalue weighted by Gasteiger charge is -2.10. The molecular weight excluding hydrogens is 200 g/mol. The van der Waals surface area contributed by atoms with Crippen LogP contribution in [-0.2, 0) is 18.8 Å². The maximum Gasteiger partial charge on any atom is 0.101 e. The summed E-state index contributed by atoms with van der Waals surface area (Å²) in [5.74, 6) is 0.450. The fourth-order valence-electron chi connectivity index (χ4n) is 1.33. The number of alkyl halides is 1. The zero-order valence-corrected chi connectivity index (χ0v) is 9.75. The van der Waals surface area contributed by atoms with Crippen molar-refractivity contribution in [3.05, 3.63) is 11.4 Å². The summed E-state index contributed by atoms with van der Waals surface area (Å²) in [5, 5.41) is 8.13. The normalized spacial score (nSPS) is 11.2. The second-order valence-corrected chi connectivity index (χ2v) is 3.76. The van der Waals surface area contributed by atoms with Gasteiger partial charge in [-0.3, -0.25) is 0 Å². The van der Waals surface area contributed by atoms with Gasteiger partial charge in [0.2, 0.25) is 0 Å². The smallest absolute Gasteiger partial charge is 0.101 e. The Morgan fingerprint density at radius 3 is 2.64 bits per heavy atom. The Bertz CT molecular complexity index is 282. The molecule has 1 rings (SSSR count). The molecule has 80 valence electrons. The number of aromatic nitrogens is 3. The van der Waals surface area contributed by atoms with Crippen molar-refractivity contribution in [2.45, 2.75) is 25.8 Å². The maximum atomic E-state index is 5.76. The van der Waals surface area contributed by atoms with Gasteiger partial charge in [-0.2, -0.15) is 0 Å². The van der Waals surface area contributed by atoms with E-state index in [2.05, 4.69) is 22.1 Å². The fraction of sp³-hybridized carbons (Fsp3) is 0.778. The van der Waals surface area contributed by atoms with Crippen LogP contribution >= 0.6 is 11.6 Å². The van der Waals surface area contributed by atoms with Gasteiger partial charge in [0.1, 0.15) is 5.69 Å². The van der Waals surface area contributed by atoms with E-state index in [1.165, 1.54) is 0 Å². The summed E-state index contributed by atoms with van der Waals surface area (Å²) in [6.45, 7) is 3.94. The molecule has 1 heterocycles. The number of halogens is 1. The van der Waals surface area contributed by atoms with Gasteiger partial charge in [0, 0.05) is 6.54 Å². The van der Waals surface area contributed by atoms with Crippen molar-refractivity contribution in [3.63, 3.8) is 0 Å². The first-order valence-electron chi connectivity index (χ1n) is 4.81. The van der Waals surface area contributed by atoms with Gasteiger partial charge < -0.3 is 4.90 Å². The second-order valence-electron chi connectivity index (χ2n) is 3.50. The van der Waals surface area contributed by atoms with E-state index in [0.717, 1.165) is 30.9 Å². The van der Waals surface area contributed by atoms with E-state index < -0.39 is 0 Å². The van der Waals surface area contributed by atoms with Crippen LogP contribution in [0, 0.1) is 0 Å². The molecule has 0 N–H and O–H groups in total. The number of likely N-dealkylation sites (N-methyl/N-ethyl adjacent to an activating group) is 1. The van der Waals surface area contributed by atoms with E-state index >= 15 is 0 Å². The van der Waals surface area contributed by atoms with Crippen LogP contribution in [0.1, 0.15) is 18.3 Å². The average Bonchev–Trinajstić information content (AvgIpc) is 2.56. The second kappa shape index (κ2) is 5.32. The van der Waals surface area contributed by atoms with Gasteiger partial charge in [0.25, 0.3) is 0 Å². The summed E-state index contributed by atoms with van der Waals surface area (Å²) >= 11 is 5.76. The third-order valence-corrected chi connectivity index (χ3v) is 2.39. The van der Waals surface area contributed by atoms with Crippen LogP contribution in [-0.4, -0.2) is 40.5 Å². The lowest BCUT2D eigenvalue weighted by atomic mass is 10.3. The molecule has 5 heteroatoms. The molecule has 4 nitrogen and oxygen atoms in total. The molecule has 0 spiro atoms. The predicted molar refractivity (Wildman–Crippen MR) is 57.5 cm³/mol. The van der Waals surface area contributed by atoms with Crippen molar-refractivity contribution in [1.29, 1.82) is 0 Å². The highest BCUT2D eigenvalue weighted by molar-refractivity contribution is 6.16. The molecule has 1 aromatic rings. The molecule has 0 saturated carbocycles. The summed E-state index contributed by atoms with van der Waals surface area (Å²) in [7, 11) is 4.09. The van der Waals surface area contributed by atoms with Crippen molar-refractivity contribution in [2.24, 2.45) is 0 Å². The monoisotopic (exact) mass is 216 g/mol. The predicted octanol–water partition coefficient (Wildman–Crippen LogP) is 1.14. The van der Waals surface area contributed by atoms with E-state index in [1.807, 2.05) is 18.8 Å². The first-order valence-corrected chi connectivity index (χ1v) is 5.34. The molecule has 0 unspecified atom stereocenters. The largest absolute Gasteiger partial charge is 0.308 e. The van der Waals surface area contributed by atoms with Crippen molar-refractivity contribution in [3.8, 4) is 0 Å². The number of hydrogen-bond donors (Lipinski definition) is 0. The van der Waals surface area contributed by atoms with E-state index in [4.69, 9.17) is 11.6 Å². The third kappa shape index (κ3) is 2.69. The van der Waals surface area contributed by atoms with Crippen molar-refractivity contribution in [1.82, 2.24) is 19.9 Å². The molecule has 0 saturated heterocycles. The lowest BCUT2D eigenvalue weighted by molar-refractivity contribution is 0.367. The molecule has 0 radical (unpaired) electrons. The van der Waals surface area contributed by atoms with Crippen LogP contribution in [0.4, 0.5) is 0 Å². The third-order valence-electron chi connectivity index (χ3n) is 2.14. The number of rotatable bonds is 5. The van der Waals surface area contributed by atoms with Crippen molar-refractivity contribution >= 4 is 11.6 Å². The van der Waals surface area contributed by atoms with Crippen LogP contribution < -0.4 is 0 Å². The summed E-state index contributed by atoms with van der Waals surface area (Å²) in [4.78, 5) is 2.13. The van der Waals surface area contributed by atoms with Crippen molar-refractivity contribution in [2.75, 3.05) is 20.6 Å². The van der Waals surface area contributed by atoms with Crippen LogP contribution in [0.15, 0.2) is 0 Å². The highest BCUT2D eigenvalue weighted by Crippen LogP contribution is 2.08. The summed E-state index contributed by atoms with van der Waals surface area (Å²) in [5.41, 5.74) is 2.06. The summed E-state index contributed by atoms with van der Waals surface area (Å²) in [6.07, 6.45) is 0.933. The summed E-state index contributed by atoms with van der Waals surface area (Å²) in [6, 6.07) is 0. The molecule has 0 fully saturated rings. The van der Waals surface area contributed by atoms with E-state index in [9.17, 15) is 0 Å². The zero-order chi connectivity index (χ0) is 10.6. The Balaban J connectivity index is 2.71. The number of nitrogens with zero attached hydrogens (tertiary/aromatic N) is 4. The minimum atomic E-state index is 0.450. The van der Waals surface area contributed by atoms with Crippen LogP contribution in [0.5, 0.6) is 0 Å². The SMILES string of the molecule is CCc1c(CCl)nnn1CCN(C)C. The lowest BCUT2D eigenvalue weighted by Crippen LogP contribution is -2.20. The van der Waals surface area contributed by atoms with Gasteiger partial charge in [-0.05, 0) is 20.5 Å². The molecule has 14 heavy (non-hydrogen) atoms. The Labute approximate surface area is 89.8 Å². The minimum Gasteiger partial charge on any atom is -0.308 e. The Hall–Kier alpha value is -0.610. The Kier molecular flexibility index (Phi) is 4.35. The summed E-state index contributed by atoms with van der Waals surface area (Å²) < 4.78 is 1.94. The van der Waals surface area contributed by atoms with Gasteiger partial charge in [0.15, 0.2) is 0 Å². The van der Waals surface area contributed by atoms with Gasteiger partial charge >= 0.3 is 0 Å². The van der Waals surface area contributed by atoms with Gasteiger partial charge in [-0.25, -0.2) is 4.68 Å². The van der Waals surface area contributed by atoms with Crippen LogP contribution in [0.3, 0.4) is 0 Å². The molecule has 0 aromatic carbocycles. The first-order chi connectivity index (χ1) is 6.69.